The molecule has 2 aromatic carbocycles. The van der Waals surface area contributed by atoms with Gasteiger partial charge in [0.15, 0.2) is 0 Å². The van der Waals surface area contributed by atoms with Crippen LogP contribution in [0.15, 0.2) is 66.4 Å². The van der Waals surface area contributed by atoms with Crippen molar-refractivity contribution >= 4 is 17.5 Å². The Kier molecular flexibility index (Phi) is 5.46. The lowest BCUT2D eigenvalue weighted by molar-refractivity contribution is -0.144. The summed E-state index contributed by atoms with van der Waals surface area (Å²) in [5.74, 6) is -0.247. The van der Waals surface area contributed by atoms with Crippen molar-refractivity contribution in [2.75, 3.05) is 19.8 Å². The van der Waals surface area contributed by atoms with Crippen molar-refractivity contribution in [3.8, 4) is 0 Å². The summed E-state index contributed by atoms with van der Waals surface area (Å²) in [6, 6.07) is 18.6. The summed E-state index contributed by atoms with van der Waals surface area (Å²) in [7, 11) is 0. The molecule has 0 amide bonds. The lowest BCUT2D eigenvalue weighted by atomic mass is 10.1. The van der Waals surface area contributed by atoms with Crippen molar-refractivity contribution in [2.24, 2.45) is 0 Å². The summed E-state index contributed by atoms with van der Waals surface area (Å²) in [6.45, 7) is 0.384. The fraction of sp³-hybridized carbons (Fsp3) is 0.200. The molecule has 0 saturated carbocycles. The minimum absolute atomic E-state index is 0.0982. The van der Waals surface area contributed by atoms with Gasteiger partial charge in [0.1, 0.15) is 31.2 Å². The Bertz CT molecular complexity index is 765. The van der Waals surface area contributed by atoms with Gasteiger partial charge in [-0.25, -0.2) is 4.79 Å². The maximum Gasteiger partial charge on any atom is 0.342 e. The smallest absolute Gasteiger partial charge is 0.342 e. The molecule has 5 heteroatoms. The summed E-state index contributed by atoms with van der Waals surface area (Å²) in [5, 5.41) is 0. The van der Waals surface area contributed by atoms with Crippen molar-refractivity contribution in [3.05, 3.63) is 77.5 Å². The van der Waals surface area contributed by atoms with Crippen LogP contribution in [0.5, 0.6) is 0 Å². The van der Waals surface area contributed by atoms with Crippen LogP contribution in [-0.4, -0.2) is 31.8 Å². The minimum Gasteiger partial charge on any atom is -0.490 e. The Hall–Kier alpha value is -3.08. The highest BCUT2D eigenvalue weighted by Crippen LogP contribution is 2.26. The predicted octanol–water partition coefficient (Wildman–Crippen LogP) is 2.76. The van der Waals surface area contributed by atoms with Crippen LogP contribution in [-0.2, 0) is 30.2 Å². The van der Waals surface area contributed by atoms with E-state index in [0.717, 1.165) is 11.1 Å². The molecule has 0 radical (unpaired) electrons. The SMILES string of the molecule is O=C(Cc1ccccc1)OCCOC1=C(c2ccccc2)C(=O)OC1. The van der Waals surface area contributed by atoms with Crippen LogP contribution in [0.3, 0.4) is 0 Å². The quantitative estimate of drug-likeness (QED) is 0.574. The molecule has 1 heterocycles. The van der Waals surface area contributed by atoms with E-state index >= 15 is 0 Å². The standard InChI is InChI=1S/C20H18O5/c21-18(13-15-7-3-1-4-8-15)24-12-11-23-17-14-25-20(22)19(17)16-9-5-2-6-10-16/h1-10H,11-14H2. The van der Waals surface area contributed by atoms with Crippen LogP contribution >= 0.6 is 0 Å². The molecule has 0 fully saturated rings. The first-order valence-electron chi connectivity index (χ1n) is 8.02. The second-order valence-electron chi connectivity index (χ2n) is 5.47. The lowest BCUT2D eigenvalue weighted by Crippen LogP contribution is -2.13. The summed E-state index contributed by atoms with van der Waals surface area (Å²) < 4.78 is 15.8. The Morgan fingerprint density at radius 3 is 2.36 bits per heavy atom. The second kappa shape index (κ2) is 8.15. The van der Waals surface area contributed by atoms with Gasteiger partial charge in [-0.3, -0.25) is 4.79 Å². The van der Waals surface area contributed by atoms with Crippen LogP contribution in [0.1, 0.15) is 11.1 Å². The van der Waals surface area contributed by atoms with Crippen LogP contribution in [0.2, 0.25) is 0 Å². The third kappa shape index (κ3) is 4.47. The molecule has 0 saturated heterocycles. The van der Waals surface area contributed by atoms with Gasteiger partial charge in [-0.15, -0.1) is 0 Å². The molecular formula is C20H18O5. The second-order valence-corrected chi connectivity index (χ2v) is 5.47. The highest BCUT2D eigenvalue weighted by molar-refractivity contribution is 6.18. The molecule has 0 unspecified atom stereocenters. The van der Waals surface area contributed by atoms with E-state index in [1.54, 1.807) is 0 Å². The molecule has 0 N–H and O–H groups in total. The van der Waals surface area contributed by atoms with Gasteiger partial charge in [0.2, 0.25) is 0 Å². The Morgan fingerprint density at radius 1 is 0.960 bits per heavy atom. The highest BCUT2D eigenvalue weighted by atomic mass is 16.6. The molecule has 1 aliphatic heterocycles. The van der Waals surface area contributed by atoms with Gasteiger partial charge in [-0.05, 0) is 11.1 Å². The maximum absolute atomic E-state index is 11.9. The molecule has 128 valence electrons. The van der Waals surface area contributed by atoms with Gasteiger partial charge in [0.25, 0.3) is 0 Å². The normalized spacial score (nSPS) is 13.5. The molecule has 5 nitrogen and oxygen atoms in total. The van der Waals surface area contributed by atoms with Gasteiger partial charge in [0, 0.05) is 0 Å². The number of carbonyl (C=O) groups excluding carboxylic acids is 2. The summed E-state index contributed by atoms with van der Waals surface area (Å²) >= 11 is 0. The number of rotatable bonds is 7. The van der Waals surface area contributed by atoms with Gasteiger partial charge in [-0.2, -0.15) is 0 Å². The summed E-state index contributed by atoms with van der Waals surface area (Å²) in [4.78, 5) is 23.7. The third-order valence-electron chi connectivity index (χ3n) is 3.69. The molecule has 3 rings (SSSR count). The molecule has 0 aliphatic carbocycles. The monoisotopic (exact) mass is 338 g/mol. The number of esters is 2. The fourth-order valence-electron chi connectivity index (χ4n) is 2.52. The molecule has 0 bridgehead atoms. The maximum atomic E-state index is 11.9. The minimum atomic E-state index is -0.401. The summed E-state index contributed by atoms with van der Waals surface area (Å²) in [6.07, 6.45) is 0.223. The first kappa shape index (κ1) is 16.8. The molecule has 25 heavy (non-hydrogen) atoms. The number of hydrogen-bond donors (Lipinski definition) is 0. The topological polar surface area (TPSA) is 61.8 Å². The van der Waals surface area contributed by atoms with Crippen molar-refractivity contribution in [1.82, 2.24) is 0 Å². The van der Waals surface area contributed by atoms with Crippen LogP contribution in [0.4, 0.5) is 0 Å². The number of cyclic esters (lactones) is 1. The van der Waals surface area contributed by atoms with Gasteiger partial charge < -0.3 is 14.2 Å². The van der Waals surface area contributed by atoms with Crippen LogP contribution < -0.4 is 0 Å². The van der Waals surface area contributed by atoms with Gasteiger partial charge in [0.05, 0.1) is 6.42 Å². The van der Waals surface area contributed by atoms with Crippen molar-refractivity contribution in [2.45, 2.75) is 6.42 Å². The Labute approximate surface area is 145 Å². The van der Waals surface area contributed by atoms with E-state index in [-0.39, 0.29) is 32.2 Å². The number of ether oxygens (including phenoxy) is 3. The number of carbonyl (C=O) groups is 2. The van der Waals surface area contributed by atoms with E-state index in [2.05, 4.69) is 0 Å². The van der Waals surface area contributed by atoms with E-state index < -0.39 is 5.97 Å². The predicted molar refractivity (Wildman–Crippen MR) is 91.4 cm³/mol. The number of benzene rings is 2. The zero-order valence-corrected chi connectivity index (χ0v) is 13.6. The molecular weight excluding hydrogens is 320 g/mol. The van der Waals surface area contributed by atoms with Gasteiger partial charge >= 0.3 is 11.9 Å². The number of hydrogen-bond acceptors (Lipinski definition) is 5. The molecule has 0 atom stereocenters. The van der Waals surface area contributed by atoms with E-state index in [9.17, 15) is 9.59 Å². The zero-order chi connectivity index (χ0) is 17.5. The summed E-state index contributed by atoms with van der Waals surface area (Å²) in [5.41, 5.74) is 2.08. The van der Waals surface area contributed by atoms with Gasteiger partial charge in [-0.1, -0.05) is 60.7 Å². The fourth-order valence-corrected chi connectivity index (χ4v) is 2.52. The lowest BCUT2D eigenvalue weighted by Gasteiger charge is -2.08. The zero-order valence-electron chi connectivity index (χ0n) is 13.6. The molecule has 1 aliphatic rings. The largest absolute Gasteiger partial charge is 0.490 e. The molecule has 2 aromatic rings. The average Bonchev–Trinajstić information content (AvgIpc) is 3.01. The first-order valence-corrected chi connectivity index (χ1v) is 8.02. The first-order chi connectivity index (χ1) is 12.2. The molecule has 0 aromatic heterocycles. The Balaban J connectivity index is 1.50. The van der Waals surface area contributed by atoms with Crippen molar-refractivity contribution in [1.29, 1.82) is 0 Å². The van der Waals surface area contributed by atoms with E-state index in [4.69, 9.17) is 14.2 Å². The Morgan fingerprint density at radius 2 is 1.64 bits per heavy atom. The van der Waals surface area contributed by atoms with E-state index in [1.165, 1.54) is 0 Å². The highest BCUT2D eigenvalue weighted by Gasteiger charge is 2.27. The van der Waals surface area contributed by atoms with Crippen LogP contribution in [0, 0.1) is 0 Å². The average molecular weight is 338 g/mol. The molecule has 0 spiro atoms. The van der Waals surface area contributed by atoms with Crippen LogP contribution in [0.25, 0.3) is 5.57 Å². The third-order valence-corrected chi connectivity index (χ3v) is 3.69. The van der Waals surface area contributed by atoms with Crippen molar-refractivity contribution < 1.29 is 23.8 Å². The van der Waals surface area contributed by atoms with E-state index in [0.29, 0.717) is 11.3 Å². The van der Waals surface area contributed by atoms with Crippen molar-refractivity contribution in [3.63, 3.8) is 0 Å². The van der Waals surface area contributed by atoms with E-state index in [1.807, 2.05) is 60.7 Å².